The second-order valence-electron chi connectivity index (χ2n) is 4.55. The summed E-state index contributed by atoms with van der Waals surface area (Å²) < 4.78 is 16.7. The molecule has 0 saturated heterocycles. The van der Waals surface area contributed by atoms with Crippen molar-refractivity contribution in [1.29, 1.82) is 0 Å². The molecule has 1 unspecified atom stereocenters. The predicted molar refractivity (Wildman–Crippen MR) is 65.4 cm³/mol. The summed E-state index contributed by atoms with van der Waals surface area (Å²) in [6.45, 7) is 8.83. The highest BCUT2D eigenvalue weighted by atomic mass is 31.1. The molecule has 0 N–H and O–H groups in total. The van der Waals surface area contributed by atoms with E-state index in [4.69, 9.17) is 4.52 Å². The van der Waals surface area contributed by atoms with Crippen molar-refractivity contribution in [3.8, 4) is 0 Å². The van der Waals surface area contributed by atoms with Gasteiger partial charge in [0.1, 0.15) is 0 Å². The Kier molecular flexibility index (Phi) is 4.12. The molecule has 0 aromatic heterocycles. The topological polar surface area (TPSA) is 26.3 Å². The summed E-state index contributed by atoms with van der Waals surface area (Å²) >= 11 is 0. The number of hydrogen-bond donors (Lipinski definition) is 0. The minimum Gasteiger partial charge on any atom is -0.328 e. The second-order valence-corrected chi connectivity index (χ2v) is 5.99. The fraction of sp³-hybridized carbons (Fsp3) is 0.500. The highest BCUT2D eigenvalue weighted by Gasteiger charge is 2.13. The van der Waals surface area contributed by atoms with E-state index in [2.05, 4.69) is 20.8 Å². The standard InChI is InChI=1S/C12H19O2P/c1-5-14-15(13)11-8-6-10(7-9-11)12(2,3)4/h6-9,15H,5H2,1-4H3. The Morgan fingerprint density at radius 1 is 1.20 bits per heavy atom. The van der Waals surface area contributed by atoms with Gasteiger partial charge in [-0.1, -0.05) is 32.9 Å². The Balaban J connectivity index is 2.86. The molecule has 0 aliphatic rings. The highest BCUT2D eigenvalue weighted by Crippen LogP contribution is 2.25. The Labute approximate surface area is 92.5 Å². The summed E-state index contributed by atoms with van der Waals surface area (Å²) in [5.41, 5.74) is 1.39. The Morgan fingerprint density at radius 2 is 1.73 bits per heavy atom. The lowest BCUT2D eigenvalue weighted by Crippen LogP contribution is -2.12. The van der Waals surface area contributed by atoms with Crippen molar-refractivity contribution in [1.82, 2.24) is 0 Å². The highest BCUT2D eigenvalue weighted by molar-refractivity contribution is 7.48. The third kappa shape index (κ3) is 3.48. The third-order valence-electron chi connectivity index (χ3n) is 2.26. The molecule has 1 rings (SSSR count). The molecule has 0 aliphatic carbocycles. The molecule has 1 aromatic carbocycles. The molecule has 0 radical (unpaired) electrons. The van der Waals surface area contributed by atoms with Crippen LogP contribution < -0.4 is 5.30 Å². The van der Waals surface area contributed by atoms with Gasteiger partial charge >= 0.3 is 0 Å². The molecule has 2 nitrogen and oxygen atoms in total. The summed E-state index contributed by atoms with van der Waals surface area (Å²) in [6.07, 6.45) is 0. The zero-order valence-electron chi connectivity index (χ0n) is 9.83. The van der Waals surface area contributed by atoms with E-state index in [0.717, 1.165) is 5.30 Å². The average Bonchev–Trinajstić information content (AvgIpc) is 2.17. The van der Waals surface area contributed by atoms with Gasteiger partial charge in [0.25, 0.3) is 0 Å². The lowest BCUT2D eigenvalue weighted by molar-refractivity contribution is 0.357. The first kappa shape index (κ1) is 12.5. The molecule has 0 heterocycles. The molecule has 0 spiro atoms. The zero-order valence-corrected chi connectivity index (χ0v) is 10.8. The molecule has 1 aromatic rings. The number of benzene rings is 1. The lowest BCUT2D eigenvalue weighted by atomic mass is 9.87. The predicted octanol–water partition coefficient (Wildman–Crippen LogP) is 3.12. The van der Waals surface area contributed by atoms with Crippen molar-refractivity contribution in [2.75, 3.05) is 6.61 Å². The van der Waals surface area contributed by atoms with Gasteiger partial charge in [0.05, 0.1) is 6.61 Å². The van der Waals surface area contributed by atoms with Crippen LogP contribution in [0.5, 0.6) is 0 Å². The van der Waals surface area contributed by atoms with E-state index in [9.17, 15) is 4.57 Å². The number of rotatable bonds is 3. The molecule has 15 heavy (non-hydrogen) atoms. The van der Waals surface area contributed by atoms with E-state index in [-0.39, 0.29) is 5.41 Å². The molecule has 0 bridgehead atoms. The quantitative estimate of drug-likeness (QED) is 0.740. The first-order valence-corrected chi connectivity index (χ1v) is 6.54. The van der Waals surface area contributed by atoms with Crippen LogP contribution in [0, 0.1) is 0 Å². The maximum absolute atomic E-state index is 11.6. The van der Waals surface area contributed by atoms with Crippen LogP contribution in [0.1, 0.15) is 33.3 Å². The van der Waals surface area contributed by atoms with Crippen LogP contribution in [-0.4, -0.2) is 6.61 Å². The van der Waals surface area contributed by atoms with Crippen LogP contribution in [0.15, 0.2) is 24.3 Å². The van der Waals surface area contributed by atoms with Gasteiger partial charge < -0.3 is 4.52 Å². The lowest BCUT2D eigenvalue weighted by Gasteiger charge is -2.19. The van der Waals surface area contributed by atoms with Gasteiger partial charge in [0.2, 0.25) is 8.03 Å². The van der Waals surface area contributed by atoms with Crippen molar-refractivity contribution in [3.63, 3.8) is 0 Å². The Morgan fingerprint density at radius 3 is 2.13 bits per heavy atom. The van der Waals surface area contributed by atoms with Gasteiger partial charge in [-0.15, -0.1) is 0 Å². The van der Waals surface area contributed by atoms with Crippen LogP contribution in [0.2, 0.25) is 0 Å². The zero-order chi connectivity index (χ0) is 11.5. The molecule has 84 valence electrons. The summed E-state index contributed by atoms with van der Waals surface area (Å²) in [5.74, 6) is 0. The van der Waals surface area contributed by atoms with E-state index < -0.39 is 8.03 Å². The molecular weight excluding hydrogens is 207 g/mol. The van der Waals surface area contributed by atoms with Gasteiger partial charge in [0.15, 0.2) is 0 Å². The molecule has 0 aliphatic heterocycles. The van der Waals surface area contributed by atoms with E-state index in [1.807, 2.05) is 31.2 Å². The summed E-state index contributed by atoms with van der Waals surface area (Å²) in [6, 6.07) is 7.85. The maximum atomic E-state index is 11.6. The Bertz CT molecular complexity index is 336. The maximum Gasteiger partial charge on any atom is 0.220 e. The van der Waals surface area contributed by atoms with E-state index in [1.54, 1.807) is 0 Å². The molecular formula is C12H19O2P. The molecule has 0 saturated carbocycles. The van der Waals surface area contributed by atoms with Crippen molar-refractivity contribution >= 4 is 13.3 Å². The van der Waals surface area contributed by atoms with Crippen molar-refractivity contribution in [2.24, 2.45) is 0 Å². The van der Waals surface area contributed by atoms with E-state index in [1.165, 1.54) is 5.56 Å². The normalized spacial score (nSPS) is 13.9. The summed E-state index contributed by atoms with van der Waals surface area (Å²) in [5, 5.41) is 0.801. The van der Waals surface area contributed by atoms with Gasteiger partial charge in [0, 0.05) is 5.30 Å². The fourth-order valence-electron chi connectivity index (χ4n) is 1.32. The summed E-state index contributed by atoms with van der Waals surface area (Å²) in [7, 11) is -2.03. The first-order valence-electron chi connectivity index (χ1n) is 5.23. The van der Waals surface area contributed by atoms with E-state index >= 15 is 0 Å². The van der Waals surface area contributed by atoms with Crippen LogP contribution in [0.4, 0.5) is 0 Å². The second kappa shape index (κ2) is 4.96. The van der Waals surface area contributed by atoms with Gasteiger partial charge in [-0.3, -0.25) is 4.57 Å². The molecule has 0 fully saturated rings. The molecule has 1 atom stereocenters. The average molecular weight is 226 g/mol. The third-order valence-corrected chi connectivity index (χ3v) is 3.62. The SMILES string of the molecule is CCO[PH](=O)c1ccc(C(C)(C)C)cc1. The van der Waals surface area contributed by atoms with Crippen LogP contribution in [0.3, 0.4) is 0 Å². The van der Waals surface area contributed by atoms with E-state index in [0.29, 0.717) is 6.61 Å². The monoisotopic (exact) mass is 226 g/mol. The minimum atomic E-state index is -2.03. The van der Waals surface area contributed by atoms with Crippen LogP contribution in [0.25, 0.3) is 0 Å². The molecule has 0 amide bonds. The first-order chi connectivity index (χ1) is 6.95. The summed E-state index contributed by atoms with van der Waals surface area (Å²) in [4.78, 5) is 0. The van der Waals surface area contributed by atoms with Gasteiger partial charge in [-0.2, -0.15) is 0 Å². The van der Waals surface area contributed by atoms with Crippen molar-refractivity contribution in [3.05, 3.63) is 29.8 Å². The van der Waals surface area contributed by atoms with Gasteiger partial charge in [-0.05, 0) is 30.0 Å². The number of hydrogen-bond acceptors (Lipinski definition) is 2. The molecule has 3 heteroatoms. The van der Waals surface area contributed by atoms with Crippen LogP contribution >= 0.6 is 8.03 Å². The smallest absolute Gasteiger partial charge is 0.220 e. The van der Waals surface area contributed by atoms with Crippen LogP contribution in [-0.2, 0) is 14.5 Å². The van der Waals surface area contributed by atoms with Crippen molar-refractivity contribution < 1.29 is 9.09 Å². The largest absolute Gasteiger partial charge is 0.328 e. The fourth-order valence-corrected chi connectivity index (χ4v) is 2.19. The van der Waals surface area contributed by atoms with Crippen molar-refractivity contribution in [2.45, 2.75) is 33.1 Å². The minimum absolute atomic E-state index is 0.139. The van der Waals surface area contributed by atoms with Gasteiger partial charge in [-0.25, -0.2) is 0 Å². The Hall–Kier alpha value is -0.590.